The predicted molar refractivity (Wildman–Crippen MR) is 99.0 cm³/mol. The topological polar surface area (TPSA) is 71.3 Å². The first-order chi connectivity index (χ1) is 14.6. The van der Waals surface area contributed by atoms with Crippen molar-refractivity contribution < 1.29 is 31.4 Å². The van der Waals surface area contributed by atoms with Gasteiger partial charge in [0.15, 0.2) is 23.3 Å². The fourth-order valence-corrected chi connectivity index (χ4v) is 4.51. The number of fused-ring (bicyclic) bond motifs is 2. The van der Waals surface area contributed by atoms with E-state index in [9.17, 15) is 27.2 Å². The average molecular weight is 463 g/mol. The molecule has 2 saturated heterocycles. The number of alkyl halides is 3. The van der Waals surface area contributed by atoms with Gasteiger partial charge in [-0.25, -0.2) is 9.37 Å². The van der Waals surface area contributed by atoms with Crippen LogP contribution in [0.4, 0.5) is 22.0 Å². The van der Waals surface area contributed by atoms with Crippen molar-refractivity contribution in [2.24, 2.45) is 0 Å². The molecule has 2 aromatic rings. The van der Waals surface area contributed by atoms with Crippen LogP contribution in [-0.2, 0) is 0 Å². The van der Waals surface area contributed by atoms with Gasteiger partial charge in [-0.3, -0.25) is 4.90 Å². The van der Waals surface area contributed by atoms with E-state index >= 15 is 0 Å². The zero-order valence-corrected chi connectivity index (χ0v) is 16.8. The SMILES string of the molecule is N#Cc1c(F)nc2c(F)c(Cl)nc(OCC34CCCN3CCC4)c2c1OCC(F)(F)F. The normalized spacial score (nSPS) is 18.2. The maximum absolute atomic E-state index is 14.6. The summed E-state index contributed by atoms with van der Waals surface area (Å²) in [6.07, 6.45) is -1.15. The van der Waals surface area contributed by atoms with Crippen molar-refractivity contribution in [3.05, 3.63) is 22.5 Å². The highest BCUT2D eigenvalue weighted by molar-refractivity contribution is 6.30. The molecular weight excluding hydrogens is 447 g/mol. The van der Waals surface area contributed by atoms with E-state index in [1.807, 2.05) is 0 Å². The van der Waals surface area contributed by atoms with Gasteiger partial charge in [0.2, 0.25) is 11.8 Å². The molecule has 31 heavy (non-hydrogen) atoms. The molecule has 0 radical (unpaired) electrons. The first kappa shape index (κ1) is 21.8. The third-order valence-corrected chi connectivity index (χ3v) is 5.94. The number of rotatable bonds is 5. The first-order valence-electron chi connectivity index (χ1n) is 9.51. The standard InChI is InChI=1S/C19H16ClF5N4O2/c20-15-12(21)13-11(14(30-9-19(23,24)25)10(7-26)16(22)27-13)17(28-15)31-8-18-3-1-5-29(18)6-2-4-18/h1-6,8-9H2. The summed E-state index contributed by atoms with van der Waals surface area (Å²) < 4.78 is 77.6. The highest BCUT2D eigenvalue weighted by Crippen LogP contribution is 2.42. The van der Waals surface area contributed by atoms with Gasteiger partial charge >= 0.3 is 6.18 Å². The van der Waals surface area contributed by atoms with Crippen LogP contribution in [0.15, 0.2) is 0 Å². The smallest absolute Gasteiger partial charge is 0.422 e. The molecule has 6 nitrogen and oxygen atoms in total. The predicted octanol–water partition coefficient (Wildman–Crippen LogP) is 4.38. The molecule has 2 aromatic heterocycles. The van der Waals surface area contributed by atoms with Crippen molar-refractivity contribution in [2.75, 3.05) is 26.3 Å². The van der Waals surface area contributed by atoms with Crippen molar-refractivity contribution in [1.82, 2.24) is 14.9 Å². The minimum Gasteiger partial charge on any atom is -0.482 e. The fourth-order valence-electron chi connectivity index (χ4n) is 4.35. The number of hydrogen-bond donors (Lipinski definition) is 0. The summed E-state index contributed by atoms with van der Waals surface area (Å²) in [6, 6.07) is 1.41. The van der Waals surface area contributed by atoms with Gasteiger partial charge < -0.3 is 9.47 Å². The molecule has 0 aromatic carbocycles. The van der Waals surface area contributed by atoms with E-state index in [2.05, 4.69) is 14.9 Å². The summed E-state index contributed by atoms with van der Waals surface area (Å²) in [5.74, 6) is -3.95. The van der Waals surface area contributed by atoms with Crippen molar-refractivity contribution in [3.63, 3.8) is 0 Å². The number of pyridine rings is 2. The maximum Gasteiger partial charge on any atom is 0.422 e. The van der Waals surface area contributed by atoms with Crippen molar-refractivity contribution in [2.45, 2.75) is 37.4 Å². The molecule has 0 unspecified atom stereocenters. The van der Waals surface area contributed by atoms with Crippen LogP contribution in [-0.4, -0.2) is 52.9 Å². The Kier molecular flexibility index (Phi) is 5.55. The van der Waals surface area contributed by atoms with E-state index in [1.165, 1.54) is 6.07 Å². The zero-order chi connectivity index (χ0) is 22.4. The second-order valence-corrected chi connectivity index (χ2v) is 7.93. The highest BCUT2D eigenvalue weighted by atomic mass is 35.5. The lowest BCUT2D eigenvalue weighted by Gasteiger charge is -2.31. The molecule has 2 fully saturated rings. The fraction of sp³-hybridized carbons (Fsp3) is 0.526. The van der Waals surface area contributed by atoms with Crippen LogP contribution in [0.2, 0.25) is 5.15 Å². The van der Waals surface area contributed by atoms with Crippen molar-refractivity contribution >= 4 is 22.5 Å². The lowest BCUT2D eigenvalue weighted by Crippen LogP contribution is -2.43. The zero-order valence-electron chi connectivity index (χ0n) is 16.0. The van der Waals surface area contributed by atoms with E-state index < -0.39 is 51.9 Å². The third-order valence-electron chi connectivity index (χ3n) is 5.69. The number of nitriles is 1. The van der Waals surface area contributed by atoms with Gasteiger partial charge in [0, 0.05) is 0 Å². The summed E-state index contributed by atoms with van der Waals surface area (Å²) >= 11 is 5.80. The van der Waals surface area contributed by atoms with E-state index in [4.69, 9.17) is 21.1 Å². The summed E-state index contributed by atoms with van der Waals surface area (Å²) in [5, 5.41) is 8.09. The van der Waals surface area contributed by atoms with E-state index in [1.54, 1.807) is 0 Å². The number of hydrogen-bond acceptors (Lipinski definition) is 6. The van der Waals surface area contributed by atoms with E-state index in [0.717, 1.165) is 38.8 Å². The van der Waals surface area contributed by atoms with Gasteiger partial charge in [-0.05, 0) is 38.8 Å². The Morgan fingerprint density at radius 2 is 1.81 bits per heavy atom. The van der Waals surface area contributed by atoms with Gasteiger partial charge in [0.05, 0.1) is 5.54 Å². The molecule has 0 spiro atoms. The summed E-state index contributed by atoms with van der Waals surface area (Å²) in [4.78, 5) is 9.44. The lowest BCUT2D eigenvalue weighted by atomic mass is 9.95. The molecule has 0 amide bonds. The second-order valence-electron chi connectivity index (χ2n) is 7.57. The van der Waals surface area contributed by atoms with Crippen LogP contribution in [0.1, 0.15) is 31.2 Å². The van der Waals surface area contributed by atoms with E-state index in [-0.39, 0.29) is 18.0 Å². The largest absolute Gasteiger partial charge is 0.482 e. The van der Waals surface area contributed by atoms with Crippen LogP contribution < -0.4 is 9.47 Å². The number of halogens is 6. The molecule has 0 bridgehead atoms. The molecule has 166 valence electrons. The molecular formula is C19H16ClF5N4O2. The molecule has 2 aliphatic rings. The lowest BCUT2D eigenvalue weighted by molar-refractivity contribution is -0.153. The number of nitrogens with zero attached hydrogens (tertiary/aromatic N) is 4. The Morgan fingerprint density at radius 3 is 2.42 bits per heavy atom. The van der Waals surface area contributed by atoms with Crippen LogP contribution >= 0.6 is 11.6 Å². The number of aromatic nitrogens is 2. The quantitative estimate of drug-likeness (QED) is 0.485. The molecule has 0 aliphatic carbocycles. The molecule has 12 heteroatoms. The highest BCUT2D eigenvalue weighted by Gasteiger charge is 2.45. The maximum atomic E-state index is 14.6. The third kappa shape index (κ3) is 3.94. The summed E-state index contributed by atoms with van der Waals surface area (Å²) in [7, 11) is 0. The molecule has 2 aliphatic heterocycles. The summed E-state index contributed by atoms with van der Waals surface area (Å²) in [5.41, 5.74) is -1.91. The molecule has 0 atom stereocenters. The Balaban J connectivity index is 1.82. The molecule has 4 rings (SSSR count). The summed E-state index contributed by atoms with van der Waals surface area (Å²) in [6.45, 7) is 0.0800. The van der Waals surface area contributed by atoms with Crippen molar-refractivity contribution in [3.8, 4) is 17.7 Å². The Hall–Kier alpha value is -2.45. The molecule has 0 N–H and O–H groups in total. The Morgan fingerprint density at radius 1 is 1.13 bits per heavy atom. The average Bonchev–Trinajstić information content (AvgIpc) is 3.27. The Bertz CT molecular complexity index is 1060. The second kappa shape index (κ2) is 7.91. The Labute approximate surface area is 178 Å². The van der Waals surface area contributed by atoms with Gasteiger partial charge in [-0.2, -0.15) is 27.8 Å². The number of ether oxygens (including phenoxy) is 2. The first-order valence-corrected chi connectivity index (χ1v) is 9.89. The molecule has 0 saturated carbocycles. The monoisotopic (exact) mass is 462 g/mol. The van der Waals surface area contributed by atoms with Crippen molar-refractivity contribution in [1.29, 1.82) is 5.26 Å². The minimum absolute atomic E-state index is 0.120. The van der Waals surface area contributed by atoms with Gasteiger partial charge in [0.25, 0.3) is 0 Å². The van der Waals surface area contributed by atoms with Crippen LogP contribution in [0.3, 0.4) is 0 Å². The van der Waals surface area contributed by atoms with Gasteiger partial charge in [-0.1, -0.05) is 11.6 Å². The molecule has 4 heterocycles. The minimum atomic E-state index is -4.79. The van der Waals surface area contributed by atoms with Crippen LogP contribution in [0, 0.1) is 23.1 Å². The van der Waals surface area contributed by atoms with E-state index in [0.29, 0.717) is 0 Å². The van der Waals surface area contributed by atoms with Gasteiger partial charge in [-0.15, -0.1) is 0 Å². The van der Waals surface area contributed by atoms with Crippen LogP contribution in [0.25, 0.3) is 10.9 Å². The van der Waals surface area contributed by atoms with Crippen LogP contribution in [0.5, 0.6) is 11.6 Å². The van der Waals surface area contributed by atoms with Gasteiger partial charge in [0.1, 0.15) is 29.1 Å².